The van der Waals surface area contributed by atoms with Gasteiger partial charge in [0.15, 0.2) is 0 Å². The lowest BCUT2D eigenvalue weighted by molar-refractivity contribution is -0.117. The fourth-order valence-electron chi connectivity index (χ4n) is 1.21. The topological polar surface area (TPSA) is 86.7 Å². The fraction of sp³-hybridized carbons (Fsp3) is 0.200. The van der Waals surface area contributed by atoms with Crippen molar-refractivity contribution in [3.05, 3.63) is 29.3 Å². The third kappa shape index (κ3) is 2.80. The van der Waals surface area contributed by atoms with Crippen molar-refractivity contribution in [1.82, 2.24) is 20.2 Å². The van der Waals surface area contributed by atoms with E-state index in [1.54, 1.807) is 31.2 Å². The lowest BCUT2D eigenvalue weighted by Crippen LogP contribution is -2.23. The van der Waals surface area contributed by atoms with Gasteiger partial charge in [0, 0.05) is 5.02 Å². The predicted molar refractivity (Wildman–Crippen MR) is 68.7 cm³/mol. The van der Waals surface area contributed by atoms with E-state index in [1.807, 2.05) is 0 Å². The average Bonchev–Trinajstić information content (AvgIpc) is 2.78. The zero-order valence-corrected chi connectivity index (χ0v) is 11.0. The zero-order chi connectivity index (χ0) is 13.1. The molecule has 2 rings (SSSR count). The number of rotatable bonds is 4. The Bertz CT molecular complexity index is 556. The van der Waals surface area contributed by atoms with Gasteiger partial charge in [0.25, 0.3) is 0 Å². The van der Waals surface area contributed by atoms with Crippen LogP contribution in [-0.2, 0) is 4.79 Å². The van der Waals surface area contributed by atoms with Crippen molar-refractivity contribution in [3.8, 4) is 5.69 Å². The van der Waals surface area contributed by atoms with Crippen LogP contribution < -0.4 is 5.73 Å². The van der Waals surface area contributed by atoms with Gasteiger partial charge in [-0.3, -0.25) is 4.79 Å². The Kier molecular flexibility index (Phi) is 3.83. The fourth-order valence-corrected chi connectivity index (χ4v) is 2.10. The highest BCUT2D eigenvalue weighted by Crippen LogP contribution is 2.23. The molecule has 0 saturated heterocycles. The molecule has 1 heterocycles. The summed E-state index contributed by atoms with van der Waals surface area (Å²) in [7, 11) is 0. The first-order valence-corrected chi connectivity index (χ1v) is 6.34. The summed E-state index contributed by atoms with van der Waals surface area (Å²) in [5.41, 5.74) is 5.97. The van der Waals surface area contributed by atoms with Crippen molar-refractivity contribution in [2.75, 3.05) is 0 Å². The number of thioether (sulfide) groups is 1. The quantitative estimate of drug-likeness (QED) is 0.854. The highest BCUT2D eigenvalue weighted by molar-refractivity contribution is 8.00. The van der Waals surface area contributed by atoms with Gasteiger partial charge in [-0.25, -0.2) is 0 Å². The van der Waals surface area contributed by atoms with Crippen LogP contribution in [0.5, 0.6) is 0 Å². The van der Waals surface area contributed by atoms with E-state index in [0.29, 0.717) is 10.2 Å². The van der Waals surface area contributed by atoms with Crippen LogP contribution in [0.4, 0.5) is 0 Å². The molecule has 0 spiro atoms. The van der Waals surface area contributed by atoms with Crippen molar-refractivity contribution in [2.24, 2.45) is 5.73 Å². The average molecular weight is 284 g/mol. The van der Waals surface area contributed by atoms with Gasteiger partial charge in [-0.1, -0.05) is 23.4 Å². The minimum atomic E-state index is -0.411. The van der Waals surface area contributed by atoms with Gasteiger partial charge >= 0.3 is 0 Å². The van der Waals surface area contributed by atoms with E-state index in [-0.39, 0.29) is 0 Å². The molecular weight excluding hydrogens is 274 g/mol. The molecular formula is C10H10ClN5OS. The van der Waals surface area contributed by atoms with E-state index < -0.39 is 11.2 Å². The third-order valence-electron chi connectivity index (χ3n) is 2.19. The van der Waals surface area contributed by atoms with Gasteiger partial charge in [0.05, 0.1) is 10.9 Å². The molecule has 2 N–H and O–H groups in total. The highest BCUT2D eigenvalue weighted by atomic mass is 35.5. The number of carbonyl (C=O) groups excluding carboxylic acids is 1. The maximum absolute atomic E-state index is 11.0. The number of nitrogens with two attached hydrogens (primary N) is 1. The number of hydrogen-bond acceptors (Lipinski definition) is 5. The van der Waals surface area contributed by atoms with Crippen LogP contribution in [-0.4, -0.2) is 31.4 Å². The zero-order valence-electron chi connectivity index (χ0n) is 9.45. The van der Waals surface area contributed by atoms with Gasteiger partial charge in [-0.05, 0) is 41.6 Å². The van der Waals surface area contributed by atoms with Crippen molar-refractivity contribution < 1.29 is 4.79 Å². The normalized spacial score (nSPS) is 12.3. The maximum Gasteiger partial charge on any atom is 0.230 e. The Morgan fingerprint density at radius 1 is 1.44 bits per heavy atom. The molecule has 94 valence electrons. The molecule has 2 aromatic rings. The second kappa shape index (κ2) is 5.36. The number of amides is 1. The predicted octanol–water partition coefficient (Wildman–Crippen LogP) is 1.28. The van der Waals surface area contributed by atoms with Gasteiger partial charge < -0.3 is 5.73 Å². The summed E-state index contributed by atoms with van der Waals surface area (Å²) in [4.78, 5) is 11.0. The molecule has 1 amide bonds. The molecule has 0 aliphatic heterocycles. The van der Waals surface area contributed by atoms with Gasteiger partial charge in [0.2, 0.25) is 11.1 Å². The minimum Gasteiger partial charge on any atom is -0.369 e. The SMILES string of the molecule is C[C@H](Sc1nnnn1-c1ccc(Cl)cc1)C(N)=O. The molecule has 0 aliphatic carbocycles. The molecule has 1 aromatic carbocycles. The van der Waals surface area contributed by atoms with Crippen LogP contribution in [0.2, 0.25) is 5.02 Å². The first-order chi connectivity index (χ1) is 8.58. The molecule has 18 heavy (non-hydrogen) atoms. The number of tetrazole rings is 1. The van der Waals surface area contributed by atoms with Gasteiger partial charge in [-0.15, -0.1) is 5.10 Å². The summed E-state index contributed by atoms with van der Waals surface area (Å²) in [6.07, 6.45) is 0. The number of carbonyl (C=O) groups is 1. The van der Waals surface area contributed by atoms with Crippen molar-refractivity contribution >= 4 is 29.3 Å². The molecule has 8 heteroatoms. The van der Waals surface area contributed by atoms with Crippen LogP contribution >= 0.6 is 23.4 Å². The van der Waals surface area contributed by atoms with E-state index in [9.17, 15) is 4.79 Å². The van der Waals surface area contributed by atoms with E-state index in [1.165, 1.54) is 16.4 Å². The van der Waals surface area contributed by atoms with E-state index in [0.717, 1.165) is 5.69 Å². The summed E-state index contributed by atoms with van der Waals surface area (Å²) in [5.74, 6) is -0.411. The Labute approximate surface area is 112 Å². The van der Waals surface area contributed by atoms with E-state index in [4.69, 9.17) is 17.3 Å². The summed E-state index contributed by atoms with van der Waals surface area (Å²) in [6.45, 7) is 1.70. The van der Waals surface area contributed by atoms with Crippen molar-refractivity contribution in [2.45, 2.75) is 17.3 Å². The summed E-state index contributed by atoms with van der Waals surface area (Å²) < 4.78 is 1.53. The number of benzene rings is 1. The highest BCUT2D eigenvalue weighted by Gasteiger charge is 2.16. The number of hydrogen-bond donors (Lipinski definition) is 1. The molecule has 6 nitrogen and oxygen atoms in total. The van der Waals surface area contributed by atoms with Crippen LogP contribution in [0.3, 0.4) is 0 Å². The maximum atomic E-state index is 11.0. The van der Waals surface area contributed by atoms with Gasteiger partial charge in [-0.2, -0.15) is 4.68 Å². The third-order valence-corrected chi connectivity index (χ3v) is 3.50. The van der Waals surface area contributed by atoms with Crippen LogP contribution in [0.25, 0.3) is 5.69 Å². The smallest absolute Gasteiger partial charge is 0.230 e. The van der Waals surface area contributed by atoms with Gasteiger partial charge in [0.1, 0.15) is 0 Å². The number of halogens is 1. The number of aromatic nitrogens is 4. The van der Waals surface area contributed by atoms with E-state index >= 15 is 0 Å². The number of nitrogens with zero attached hydrogens (tertiary/aromatic N) is 4. The monoisotopic (exact) mass is 283 g/mol. The first-order valence-electron chi connectivity index (χ1n) is 5.08. The summed E-state index contributed by atoms with van der Waals surface area (Å²) in [6, 6.07) is 7.06. The Morgan fingerprint density at radius 2 is 2.11 bits per heavy atom. The second-order valence-corrected chi connectivity index (χ2v) is 5.26. The molecule has 0 fully saturated rings. The standard InChI is InChI=1S/C10H10ClN5OS/c1-6(9(12)17)18-10-13-14-15-16(10)8-4-2-7(11)3-5-8/h2-6H,1H3,(H2,12,17)/t6-/m0/s1. The molecule has 0 saturated carbocycles. The lowest BCUT2D eigenvalue weighted by atomic mass is 10.3. The van der Waals surface area contributed by atoms with Crippen molar-refractivity contribution in [3.63, 3.8) is 0 Å². The summed E-state index contributed by atoms with van der Waals surface area (Å²) >= 11 is 7.01. The lowest BCUT2D eigenvalue weighted by Gasteiger charge is -2.07. The Morgan fingerprint density at radius 3 is 2.72 bits per heavy atom. The van der Waals surface area contributed by atoms with Crippen molar-refractivity contribution in [1.29, 1.82) is 0 Å². The molecule has 0 aliphatic rings. The largest absolute Gasteiger partial charge is 0.369 e. The molecule has 0 unspecified atom stereocenters. The van der Waals surface area contributed by atoms with Crippen LogP contribution in [0, 0.1) is 0 Å². The second-order valence-electron chi connectivity index (χ2n) is 3.51. The van der Waals surface area contributed by atoms with E-state index in [2.05, 4.69) is 15.5 Å². The van der Waals surface area contributed by atoms with Crippen LogP contribution in [0.1, 0.15) is 6.92 Å². The molecule has 1 aromatic heterocycles. The van der Waals surface area contributed by atoms with Crippen LogP contribution in [0.15, 0.2) is 29.4 Å². The molecule has 1 atom stereocenters. The minimum absolute atomic E-state index is 0.401. The molecule has 0 bridgehead atoms. The first kappa shape index (κ1) is 12.8. The molecule has 0 radical (unpaired) electrons. The Balaban J connectivity index is 2.27. The Hall–Kier alpha value is -1.60. The number of primary amides is 1. The summed E-state index contributed by atoms with van der Waals surface area (Å²) in [5, 5.41) is 12.1.